The van der Waals surface area contributed by atoms with Gasteiger partial charge in [-0.05, 0) is 6.42 Å². The van der Waals surface area contributed by atoms with Crippen molar-refractivity contribution in [3.05, 3.63) is 0 Å². The quantitative estimate of drug-likeness (QED) is 0.854. The van der Waals surface area contributed by atoms with E-state index < -0.39 is 5.97 Å². The molecule has 0 saturated heterocycles. The number of hydrogen-bond donors (Lipinski definition) is 1. The van der Waals surface area contributed by atoms with Gasteiger partial charge >= 0.3 is 5.97 Å². The summed E-state index contributed by atoms with van der Waals surface area (Å²) in [6.45, 7) is 1.98. The molecule has 0 atom stereocenters. The highest BCUT2D eigenvalue weighted by Crippen LogP contribution is 1.91. The number of carboxylic acid groups (broad SMARTS) is 1. The summed E-state index contributed by atoms with van der Waals surface area (Å²) in [5, 5.41) is 8.04. The van der Waals surface area contributed by atoms with Crippen molar-refractivity contribution in [2.24, 2.45) is 0 Å². The second kappa shape index (κ2) is 16.5. The molecule has 1 N–H and O–H groups in total. The molecule has 0 unspecified atom stereocenters. The van der Waals surface area contributed by atoms with E-state index in [2.05, 4.69) is 0 Å². The van der Waals surface area contributed by atoms with Crippen LogP contribution in [0.4, 0.5) is 0 Å². The van der Waals surface area contributed by atoms with E-state index in [1.807, 2.05) is 6.92 Å². The molecular formula is C5H13Br3O2. The summed E-state index contributed by atoms with van der Waals surface area (Å²) in [6, 6.07) is 0. The first-order valence-electron chi connectivity index (χ1n) is 2.49. The number of carboxylic acids is 1. The Labute approximate surface area is 92.7 Å². The van der Waals surface area contributed by atoms with Gasteiger partial charge in [-0.15, -0.1) is 50.9 Å². The molecule has 10 heavy (non-hydrogen) atoms. The third-order valence-electron chi connectivity index (χ3n) is 0.744. The molecular weight excluding hydrogens is 332 g/mol. The van der Waals surface area contributed by atoms with Gasteiger partial charge in [0, 0.05) is 6.42 Å². The number of rotatable bonds is 3. The minimum absolute atomic E-state index is 0. The first kappa shape index (κ1) is 22.4. The largest absolute Gasteiger partial charge is 0.481 e. The van der Waals surface area contributed by atoms with Crippen LogP contribution in [-0.2, 0) is 4.79 Å². The maximum absolute atomic E-state index is 9.76. The van der Waals surface area contributed by atoms with Gasteiger partial charge in [-0.25, -0.2) is 0 Å². The molecule has 0 aliphatic carbocycles. The molecule has 2 nitrogen and oxygen atoms in total. The monoisotopic (exact) mass is 342 g/mol. The zero-order valence-electron chi connectivity index (χ0n) is 5.70. The van der Waals surface area contributed by atoms with Crippen molar-refractivity contribution in [2.45, 2.75) is 26.2 Å². The van der Waals surface area contributed by atoms with E-state index in [1.165, 1.54) is 0 Å². The van der Waals surface area contributed by atoms with Crippen molar-refractivity contribution in [2.75, 3.05) is 0 Å². The first-order valence-corrected chi connectivity index (χ1v) is 2.49. The fourth-order valence-corrected chi connectivity index (χ4v) is 0.328. The maximum Gasteiger partial charge on any atom is 0.303 e. The predicted octanol–water partition coefficient (Wildman–Crippen LogP) is 2.99. The molecule has 0 aromatic carbocycles. The standard InChI is InChI=1S/C5H10O2.3BrH/c1-2-3-4-5(6)7;;;/h2-4H2,1H3,(H,6,7);3*1H. The Bertz CT molecular complexity index is 67.9. The molecule has 5 heteroatoms. The lowest BCUT2D eigenvalue weighted by Crippen LogP contribution is -1.91. The van der Waals surface area contributed by atoms with Crippen molar-refractivity contribution >= 4 is 56.9 Å². The second-order valence-corrected chi connectivity index (χ2v) is 1.50. The lowest BCUT2D eigenvalue weighted by Gasteiger charge is -1.85. The highest BCUT2D eigenvalue weighted by Gasteiger charge is 1.90. The van der Waals surface area contributed by atoms with E-state index in [0.717, 1.165) is 12.8 Å². The van der Waals surface area contributed by atoms with Crippen LogP contribution in [0.5, 0.6) is 0 Å². The number of unbranched alkanes of at least 4 members (excludes halogenated alkanes) is 1. The fraction of sp³-hybridized carbons (Fsp3) is 0.800. The average molecular weight is 345 g/mol. The Morgan fingerprint density at radius 3 is 1.80 bits per heavy atom. The van der Waals surface area contributed by atoms with Crippen LogP contribution in [0, 0.1) is 0 Å². The van der Waals surface area contributed by atoms with Gasteiger partial charge in [-0.1, -0.05) is 13.3 Å². The molecule has 0 heterocycles. The summed E-state index contributed by atoms with van der Waals surface area (Å²) in [5.41, 5.74) is 0. The summed E-state index contributed by atoms with van der Waals surface area (Å²) in [4.78, 5) is 9.76. The van der Waals surface area contributed by atoms with Crippen molar-refractivity contribution < 1.29 is 9.90 Å². The van der Waals surface area contributed by atoms with Crippen molar-refractivity contribution in [3.8, 4) is 0 Å². The summed E-state index contributed by atoms with van der Waals surface area (Å²) in [6.07, 6.45) is 2.08. The van der Waals surface area contributed by atoms with Crippen LogP contribution in [0.2, 0.25) is 0 Å². The van der Waals surface area contributed by atoms with Gasteiger partial charge in [0.2, 0.25) is 0 Å². The summed E-state index contributed by atoms with van der Waals surface area (Å²) >= 11 is 0. The summed E-state index contributed by atoms with van der Waals surface area (Å²) < 4.78 is 0. The predicted molar refractivity (Wildman–Crippen MR) is 58.1 cm³/mol. The van der Waals surface area contributed by atoms with Gasteiger partial charge < -0.3 is 5.11 Å². The molecule has 66 valence electrons. The highest BCUT2D eigenvalue weighted by atomic mass is 79.9. The van der Waals surface area contributed by atoms with Crippen LogP contribution in [-0.4, -0.2) is 11.1 Å². The van der Waals surface area contributed by atoms with E-state index >= 15 is 0 Å². The van der Waals surface area contributed by atoms with Crippen molar-refractivity contribution in [1.29, 1.82) is 0 Å². The zero-order valence-corrected chi connectivity index (χ0v) is 10.8. The molecule has 0 saturated carbocycles. The molecule has 0 rings (SSSR count). The van der Waals surface area contributed by atoms with Gasteiger partial charge in [0.15, 0.2) is 0 Å². The molecule has 0 aliphatic rings. The number of aliphatic carboxylic acids is 1. The van der Waals surface area contributed by atoms with E-state index in [0.29, 0.717) is 6.42 Å². The van der Waals surface area contributed by atoms with Crippen LogP contribution in [0.25, 0.3) is 0 Å². The lowest BCUT2D eigenvalue weighted by molar-refractivity contribution is -0.137. The van der Waals surface area contributed by atoms with Gasteiger partial charge in [0.05, 0.1) is 0 Å². The zero-order chi connectivity index (χ0) is 5.70. The van der Waals surface area contributed by atoms with E-state index in [1.54, 1.807) is 0 Å². The molecule has 0 aliphatic heterocycles. The SMILES string of the molecule is Br.Br.Br.CCCCC(=O)O. The lowest BCUT2D eigenvalue weighted by atomic mass is 10.3. The van der Waals surface area contributed by atoms with E-state index in [4.69, 9.17) is 5.11 Å². The van der Waals surface area contributed by atoms with Crippen LogP contribution in [0.15, 0.2) is 0 Å². The summed E-state index contributed by atoms with van der Waals surface area (Å²) in [7, 11) is 0. The van der Waals surface area contributed by atoms with Crippen LogP contribution in [0.1, 0.15) is 26.2 Å². The topological polar surface area (TPSA) is 37.3 Å². The average Bonchev–Trinajstić information content (AvgIpc) is 1.61. The molecule has 0 aromatic rings. The van der Waals surface area contributed by atoms with Crippen molar-refractivity contribution in [1.82, 2.24) is 0 Å². The third-order valence-corrected chi connectivity index (χ3v) is 0.744. The van der Waals surface area contributed by atoms with Crippen molar-refractivity contribution in [3.63, 3.8) is 0 Å². The van der Waals surface area contributed by atoms with Gasteiger partial charge in [0.25, 0.3) is 0 Å². The highest BCUT2D eigenvalue weighted by molar-refractivity contribution is 8.93. The number of halogens is 3. The Balaban J connectivity index is -0.0000000600. The minimum Gasteiger partial charge on any atom is -0.481 e. The minimum atomic E-state index is -0.693. The van der Waals surface area contributed by atoms with E-state index in [-0.39, 0.29) is 50.9 Å². The molecule has 0 aromatic heterocycles. The van der Waals surface area contributed by atoms with Crippen LogP contribution < -0.4 is 0 Å². The third kappa shape index (κ3) is 23.1. The Hall–Kier alpha value is 0.910. The van der Waals surface area contributed by atoms with Gasteiger partial charge in [0.1, 0.15) is 0 Å². The summed E-state index contributed by atoms with van der Waals surface area (Å²) in [5.74, 6) is -0.693. The molecule has 0 fully saturated rings. The number of hydrogen-bond acceptors (Lipinski definition) is 1. The van der Waals surface area contributed by atoms with Gasteiger partial charge in [-0.2, -0.15) is 0 Å². The molecule has 0 bridgehead atoms. The Morgan fingerprint density at radius 2 is 1.70 bits per heavy atom. The molecule has 0 amide bonds. The van der Waals surface area contributed by atoms with Gasteiger partial charge in [-0.3, -0.25) is 4.79 Å². The Morgan fingerprint density at radius 1 is 1.30 bits per heavy atom. The normalized spacial score (nSPS) is 6.10. The first-order chi connectivity index (χ1) is 3.27. The molecule has 0 spiro atoms. The smallest absolute Gasteiger partial charge is 0.303 e. The second-order valence-electron chi connectivity index (χ2n) is 1.50. The molecule has 0 radical (unpaired) electrons. The maximum atomic E-state index is 9.76. The van der Waals surface area contributed by atoms with Crippen LogP contribution >= 0.6 is 50.9 Å². The number of carbonyl (C=O) groups is 1. The van der Waals surface area contributed by atoms with E-state index in [9.17, 15) is 4.79 Å². The fourth-order valence-electron chi connectivity index (χ4n) is 0.328. The van der Waals surface area contributed by atoms with Crippen LogP contribution in [0.3, 0.4) is 0 Å². The Kier molecular flexibility index (Phi) is 37.0.